The first-order valence-corrected chi connectivity index (χ1v) is 12.3. The fourth-order valence-electron chi connectivity index (χ4n) is 7.44. The maximum atomic E-state index is 12.6. The number of allylic oxidation sites excluding steroid dienone is 1. The summed E-state index contributed by atoms with van der Waals surface area (Å²) in [5.41, 5.74) is 1.74. The van der Waals surface area contributed by atoms with Crippen molar-refractivity contribution < 1.29 is 14.3 Å². The second kappa shape index (κ2) is 8.19. The molecule has 0 heterocycles. The highest BCUT2D eigenvalue weighted by molar-refractivity contribution is 5.87. The van der Waals surface area contributed by atoms with Crippen molar-refractivity contribution in [3.05, 3.63) is 11.6 Å². The molecule has 0 radical (unpaired) electrons. The lowest BCUT2D eigenvalue weighted by Crippen LogP contribution is -2.50. The van der Waals surface area contributed by atoms with Gasteiger partial charge in [0.1, 0.15) is 11.9 Å². The van der Waals surface area contributed by atoms with Gasteiger partial charge in [0.2, 0.25) is 0 Å². The topological polar surface area (TPSA) is 43.4 Å². The van der Waals surface area contributed by atoms with Crippen molar-refractivity contribution in [1.82, 2.24) is 0 Å². The Bertz CT molecular complexity index is 679. The summed E-state index contributed by atoms with van der Waals surface area (Å²) in [5, 5.41) is 0. The van der Waals surface area contributed by atoms with Crippen LogP contribution in [0.15, 0.2) is 11.6 Å². The Hall–Kier alpha value is -1.12. The summed E-state index contributed by atoms with van der Waals surface area (Å²) in [5.74, 6) is 2.49. The molecule has 3 nitrogen and oxygen atoms in total. The molecule has 4 aliphatic carbocycles. The lowest BCUT2D eigenvalue weighted by Gasteiger charge is -2.56. The fourth-order valence-corrected chi connectivity index (χ4v) is 7.44. The highest BCUT2D eigenvalue weighted by atomic mass is 16.5. The molecule has 0 aromatic rings. The van der Waals surface area contributed by atoms with Crippen LogP contribution in [0.5, 0.6) is 0 Å². The van der Waals surface area contributed by atoms with Gasteiger partial charge in [-0.05, 0) is 68.1 Å². The van der Waals surface area contributed by atoms with Gasteiger partial charge < -0.3 is 4.74 Å². The van der Waals surface area contributed by atoms with Crippen LogP contribution in [0.2, 0.25) is 0 Å². The number of hydrogen-bond donors (Lipinski definition) is 0. The van der Waals surface area contributed by atoms with Crippen molar-refractivity contribution >= 4 is 11.8 Å². The molecule has 0 aromatic carbocycles. The minimum Gasteiger partial charge on any atom is -0.462 e. The van der Waals surface area contributed by atoms with E-state index in [4.69, 9.17) is 4.74 Å². The first-order valence-electron chi connectivity index (χ1n) is 12.3. The number of hydrogen-bond acceptors (Lipinski definition) is 3. The Morgan fingerprint density at radius 3 is 2.62 bits per heavy atom. The molecular formula is C26H40O3. The molecular weight excluding hydrogens is 360 g/mol. The van der Waals surface area contributed by atoms with Crippen LogP contribution in [-0.2, 0) is 14.3 Å². The van der Waals surface area contributed by atoms with Crippen LogP contribution < -0.4 is 0 Å². The van der Waals surface area contributed by atoms with Crippen LogP contribution in [0.1, 0.15) is 104 Å². The largest absolute Gasteiger partial charge is 0.462 e. The number of ketones is 1. The van der Waals surface area contributed by atoms with Gasteiger partial charge in [0.15, 0.2) is 0 Å². The maximum absolute atomic E-state index is 12.6. The Morgan fingerprint density at radius 2 is 1.83 bits per heavy atom. The second-order valence-corrected chi connectivity index (χ2v) is 10.8. The molecule has 6 unspecified atom stereocenters. The van der Waals surface area contributed by atoms with Gasteiger partial charge >= 0.3 is 5.97 Å². The third-order valence-electron chi connectivity index (χ3n) is 9.30. The summed E-state index contributed by atoms with van der Waals surface area (Å²) < 4.78 is 5.88. The lowest BCUT2D eigenvalue weighted by molar-refractivity contribution is -0.151. The summed E-state index contributed by atoms with van der Waals surface area (Å²) >= 11 is 0. The van der Waals surface area contributed by atoms with Gasteiger partial charge in [0, 0.05) is 24.7 Å². The Labute approximate surface area is 177 Å². The van der Waals surface area contributed by atoms with Crippen molar-refractivity contribution in [3.8, 4) is 0 Å². The van der Waals surface area contributed by atoms with Crippen molar-refractivity contribution in [2.24, 2.45) is 28.6 Å². The summed E-state index contributed by atoms with van der Waals surface area (Å²) in [6.07, 6.45) is 16.0. The van der Waals surface area contributed by atoms with E-state index in [1.807, 2.05) is 0 Å². The van der Waals surface area contributed by atoms with Gasteiger partial charge in [-0.15, -0.1) is 0 Å². The summed E-state index contributed by atoms with van der Waals surface area (Å²) in [6, 6.07) is 0. The monoisotopic (exact) mass is 400 g/mol. The fraction of sp³-hybridized carbons (Fsp3) is 0.846. The third-order valence-corrected chi connectivity index (χ3v) is 9.30. The van der Waals surface area contributed by atoms with Crippen molar-refractivity contribution in [2.75, 3.05) is 0 Å². The van der Waals surface area contributed by atoms with E-state index in [1.165, 1.54) is 19.3 Å². The zero-order chi connectivity index (χ0) is 20.6. The number of fused-ring (bicyclic) bond motifs is 5. The molecule has 0 spiro atoms. The van der Waals surface area contributed by atoms with Crippen molar-refractivity contribution in [2.45, 2.75) is 110 Å². The second-order valence-electron chi connectivity index (χ2n) is 10.8. The molecule has 29 heavy (non-hydrogen) atoms. The van der Waals surface area contributed by atoms with E-state index in [-0.39, 0.29) is 22.9 Å². The standard InChI is InChI=1S/C26H40O3/c1-4-5-6-7-8-24(28)29-19-13-15-25(2)18(17-19)9-10-20-21-11-12-23(27)26(21,3)16-14-22(20)25/h9,19-22H,4-8,10-17H2,1-3H3. The number of carbonyl (C=O) groups excluding carboxylic acids is 2. The Morgan fingerprint density at radius 1 is 1.07 bits per heavy atom. The molecule has 3 saturated carbocycles. The number of unbranched alkanes of at least 4 members (excludes halogenated alkanes) is 3. The number of rotatable bonds is 6. The molecule has 4 rings (SSSR count). The number of esters is 1. The van der Waals surface area contributed by atoms with Gasteiger partial charge in [0.05, 0.1) is 0 Å². The minimum absolute atomic E-state index is 0.00175. The van der Waals surface area contributed by atoms with E-state index in [0.717, 1.165) is 57.8 Å². The number of ether oxygens (including phenoxy) is 1. The highest BCUT2D eigenvalue weighted by Crippen LogP contribution is 2.64. The zero-order valence-corrected chi connectivity index (χ0v) is 18.8. The molecule has 0 aliphatic heterocycles. The molecule has 3 heteroatoms. The molecule has 0 N–H and O–H groups in total. The third kappa shape index (κ3) is 3.72. The average molecular weight is 401 g/mol. The first kappa shape index (κ1) is 21.1. The smallest absolute Gasteiger partial charge is 0.306 e. The van der Waals surface area contributed by atoms with Gasteiger partial charge in [-0.25, -0.2) is 0 Å². The van der Waals surface area contributed by atoms with E-state index < -0.39 is 0 Å². The van der Waals surface area contributed by atoms with Gasteiger partial charge in [-0.2, -0.15) is 0 Å². The highest BCUT2D eigenvalue weighted by Gasteiger charge is 2.58. The average Bonchev–Trinajstić information content (AvgIpc) is 3.00. The number of carbonyl (C=O) groups is 2. The minimum atomic E-state index is -0.0482. The zero-order valence-electron chi connectivity index (χ0n) is 18.8. The summed E-state index contributed by atoms with van der Waals surface area (Å²) in [7, 11) is 0. The molecule has 3 fully saturated rings. The molecule has 0 aromatic heterocycles. The van der Waals surface area contributed by atoms with Crippen LogP contribution in [0.4, 0.5) is 0 Å². The molecule has 0 amide bonds. The molecule has 6 atom stereocenters. The van der Waals surface area contributed by atoms with E-state index >= 15 is 0 Å². The Balaban J connectivity index is 1.39. The van der Waals surface area contributed by atoms with Crippen LogP contribution >= 0.6 is 0 Å². The van der Waals surface area contributed by atoms with E-state index in [0.29, 0.717) is 30.0 Å². The Kier molecular flexibility index (Phi) is 5.97. The van der Waals surface area contributed by atoms with Crippen LogP contribution in [-0.4, -0.2) is 17.9 Å². The van der Waals surface area contributed by atoms with Gasteiger partial charge in [-0.3, -0.25) is 9.59 Å². The predicted molar refractivity (Wildman–Crippen MR) is 115 cm³/mol. The predicted octanol–water partition coefficient (Wildman–Crippen LogP) is 6.40. The first-order chi connectivity index (χ1) is 13.9. The van der Waals surface area contributed by atoms with Gasteiger partial charge in [0.25, 0.3) is 0 Å². The summed E-state index contributed by atoms with van der Waals surface area (Å²) in [4.78, 5) is 24.8. The summed E-state index contributed by atoms with van der Waals surface area (Å²) in [6.45, 7) is 6.91. The van der Waals surface area contributed by atoms with Crippen LogP contribution in [0, 0.1) is 28.6 Å². The SMILES string of the molecule is CCCCCCC(=O)OC1CCC2(C)C(=CCC3C4CCC(=O)C4(C)CCC32)C1. The number of Topliss-reactive ketones (excluding diaryl/α,β-unsaturated/α-hetero) is 1. The molecule has 4 aliphatic rings. The van der Waals surface area contributed by atoms with Crippen molar-refractivity contribution in [1.29, 1.82) is 0 Å². The van der Waals surface area contributed by atoms with Crippen LogP contribution in [0.3, 0.4) is 0 Å². The van der Waals surface area contributed by atoms with E-state index in [2.05, 4.69) is 26.8 Å². The quantitative estimate of drug-likeness (QED) is 0.294. The van der Waals surface area contributed by atoms with E-state index in [9.17, 15) is 9.59 Å². The van der Waals surface area contributed by atoms with Gasteiger partial charge in [-0.1, -0.05) is 51.7 Å². The molecule has 162 valence electrons. The normalized spacial score (nSPS) is 41.2. The van der Waals surface area contributed by atoms with Crippen LogP contribution in [0.25, 0.3) is 0 Å². The molecule has 0 bridgehead atoms. The lowest BCUT2D eigenvalue weighted by atomic mass is 9.48. The van der Waals surface area contributed by atoms with Crippen molar-refractivity contribution in [3.63, 3.8) is 0 Å². The molecule has 0 saturated heterocycles. The maximum Gasteiger partial charge on any atom is 0.306 e. The van der Waals surface area contributed by atoms with E-state index in [1.54, 1.807) is 5.57 Å².